The van der Waals surface area contributed by atoms with Gasteiger partial charge in [0.25, 0.3) is 0 Å². The van der Waals surface area contributed by atoms with Crippen LogP contribution >= 0.6 is 31.9 Å². The fraction of sp³-hybridized carbons (Fsp3) is 0.750. The van der Waals surface area contributed by atoms with Crippen molar-refractivity contribution in [2.24, 2.45) is 0 Å². The van der Waals surface area contributed by atoms with Crippen molar-refractivity contribution in [2.75, 3.05) is 26.5 Å². The zero-order chi connectivity index (χ0) is 9.07. The first-order valence-corrected chi connectivity index (χ1v) is 5.61. The minimum Gasteiger partial charge on any atom is -0.316 e. The van der Waals surface area contributed by atoms with Gasteiger partial charge in [0.05, 0.1) is 21.1 Å². The molecule has 0 N–H and O–H groups in total. The molecule has 0 saturated carbocycles. The highest BCUT2D eigenvalue weighted by Crippen LogP contribution is 2.19. The molecule has 11 heavy (non-hydrogen) atoms. The van der Waals surface area contributed by atoms with Gasteiger partial charge in [-0.05, 0) is 28.4 Å². The average molecular weight is 286 g/mol. The summed E-state index contributed by atoms with van der Waals surface area (Å²) >= 11 is 7.03. The van der Waals surface area contributed by atoms with Crippen LogP contribution < -0.4 is 0 Å². The summed E-state index contributed by atoms with van der Waals surface area (Å²) < 4.78 is 0.912. The molecule has 0 aromatic rings. The molecule has 0 amide bonds. The minimum absolute atomic E-state index is 0.417. The Balaban J connectivity index is 4.25. The molecule has 3 heteroatoms. The van der Waals surface area contributed by atoms with E-state index in [1.807, 2.05) is 0 Å². The fourth-order valence-electron chi connectivity index (χ4n) is 0.830. The highest BCUT2D eigenvalue weighted by molar-refractivity contribution is 9.09. The largest absolute Gasteiger partial charge is 0.316 e. The van der Waals surface area contributed by atoms with Crippen LogP contribution in [0.25, 0.3) is 0 Å². The predicted molar refractivity (Wildman–Crippen MR) is 58.3 cm³/mol. The Morgan fingerprint density at radius 2 is 1.91 bits per heavy atom. The molecule has 0 heterocycles. The van der Waals surface area contributed by atoms with Gasteiger partial charge in [0.2, 0.25) is 0 Å². The van der Waals surface area contributed by atoms with E-state index in [9.17, 15) is 0 Å². The summed E-state index contributed by atoms with van der Waals surface area (Å²) in [6, 6.07) is 0. The summed E-state index contributed by atoms with van der Waals surface area (Å²) in [5, 5.41) is 0.931. The second-order valence-corrected chi connectivity index (χ2v) is 5.07. The summed E-state index contributed by atoms with van der Waals surface area (Å²) in [4.78, 5) is 0.417. The number of quaternary nitrogens is 1. The van der Waals surface area contributed by atoms with E-state index in [1.54, 1.807) is 0 Å². The van der Waals surface area contributed by atoms with Gasteiger partial charge in [0.15, 0.2) is 4.95 Å². The number of hydrogen-bond donors (Lipinski definition) is 0. The molecule has 0 rings (SSSR count). The van der Waals surface area contributed by atoms with Gasteiger partial charge in [-0.2, -0.15) is 0 Å². The number of likely N-dealkylation sites (N-methyl/N-ethyl adjacent to an activating group) is 1. The predicted octanol–water partition coefficient (Wildman–Crippen LogP) is 2.75. The van der Waals surface area contributed by atoms with Gasteiger partial charge in [-0.25, -0.2) is 0 Å². The number of allylic oxidation sites excluding steroid dienone is 1. The smallest absolute Gasteiger partial charge is 0.165 e. The molecular weight excluding hydrogens is 270 g/mol. The molecule has 0 spiro atoms. The van der Waals surface area contributed by atoms with E-state index < -0.39 is 0 Å². The molecule has 0 aromatic heterocycles. The first-order chi connectivity index (χ1) is 4.89. The first kappa shape index (κ1) is 11.7. The Kier molecular flexibility index (Phi) is 4.91. The average Bonchev–Trinajstić information content (AvgIpc) is 1.85. The van der Waals surface area contributed by atoms with Crippen LogP contribution in [-0.2, 0) is 0 Å². The second-order valence-electron chi connectivity index (χ2n) is 3.55. The van der Waals surface area contributed by atoms with Crippen molar-refractivity contribution < 1.29 is 4.48 Å². The standard InChI is InChI=1S/C8H16Br2N/c1-7(5-6-9)8(10)11(2,3)4/h5,8H,6H2,1-4H3/q+1. The minimum atomic E-state index is 0.417. The number of hydrogen-bond acceptors (Lipinski definition) is 0. The maximum Gasteiger partial charge on any atom is 0.165 e. The van der Waals surface area contributed by atoms with Crippen LogP contribution in [0, 0.1) is 0 Å². The van der Waals surface area contributed by atoms with E-state index >= 15 is 0 Å². The molecule has 0 bridgehead atoms. The number of rotatable bonds is 3. The lowest BCUT2D eigenvalue weighted by Crippen LogP contribution is -2.41. The maximum atomic E-state index is 3.65. The Labute approximate surface area is 86.3 Å². The second kappa shape index (κ2) is 4.63. The van der Waals surface area contributed by atoms with Crippen LogP contribution in [0.5, 0.6) is 0 Å². The summed E-state index contributed by atoms with van der Waals surface area (Å²) in [6.45, 7) is 2.14. The quantitative estimate of drug-likeness (QED) is 0.324. The Morgan fingerprint density at radius 1 is 1.45 bits per heavy atom. The molecule has 0 fully saturated rings. The molecule has 66 valence electrons. The lowest BCUT2D eigenvalue weighted by molar-refractivity contribution is -0.873. The molecule has 1 atom stereocenters. The van der Waals surface area contributed by atoms with E-state index in [4.69, 9.17) is 0 Å². The van der Waals surface area contributed by atoms with Crippen LogP contribution in [-0.4, -0.2) is 35.9 Å². The zero-order valence-electron chi connectivity index (χ0n) is 7.56. The number of halogens is 2. The SMILES string of the molecule is CC(=CCBr)C(Br)[N+](C)(C)C. The number of nitrogens with zero attached hydrogens (tertiary/aromatic N) is 1. The summed E-state index contributed by atoms with van der Waals surface area (Å²) in [7, 11) is 6.51. The van der Waals surface area contributed by atoms with Crippen molar-refractivity contribution in [1.82, 2.24) is 0 Å². The van der Waals surface area contributed by atoms with Gasteiger partial charge in [-0.1, -0.05) is 22.0 Å². The van der Waals surface area contributed by atoms with Crippen molar-refractivity contribution in [2.45, 2.75) is 11.9 Å². The zero-order valence-corrected chi connectivity index (χ0v) is 10.7. The van der Waals surface area contributed by atoms with Crippen molar-refractivity contribution in [3.05, 3.63) is 11.6 Å². The molecule has 0 saturated heterocycles. The maximum absolute atomic E-state index is 3.65. The third-order valence-corrected chi connectivity index (χ3v) is 3.73. The van der Waals surface area contributed by atoms with E-state index in [0.717, 1.165) is 9.81 Å². The third kappa shape index (κ3) is 4.28. The monoisotopic (exact) mass is 284 g/mol. The van der Waals surface area contributed by atoms with E-state index in [-0.39, 0.29) is 0 Å². The van der Waals surface area contributed by atoms with Crippen LogP contribution in [0.4, 0.5) is 0 Å². The molecule has 0 aromatic carbocycles. The van der Waals surface area contributed by atoms with Crippen molar-refractivity contribution >= 4 is 31.9 Å². The lowest BCUT2D eigenvalue weighted by atomic mass is 10.2. The summed E-state index contributed by atoms with van der Waals surface area (Å²) in [5.41, 5.74) is 1.37. The molecular formula is C8H16Br2N+. The van der Waals surface area contributed by atoms with Gasteiger partial charge in [0.1, 0.15) is 0 Å². The van der Waals surface area contributed by atoms with Crippen LogP contribution in [0.1, 0.15) is 6.92 Å². The van der Waals surface area contributed by atoms with Gasteiger partial charge >= 0.3 is 0 Å². The molecule has 0 aliphatic carbocycles. The van der Waals surface area contributed by atoms with E-state index in [0.29, 0.717) is 4.95 Å². The highest BCUT2D eigenvalue weighted by atomic mass is 79.9. The molecule has 1 nitrogen and oxygen atoms in total. The first-order valence-electron chi connectivity index (χ1n) is 3.57. The lowest BCUT2D eigenvalue weighted by Gasteiger charge is -2.30. The van der Waals surface area contributed by atoms with Crippen LogP contribution in [0.3, 0.4) is 0 Å². The van der Waals surface area contributed by atoms with E-state index in [2.05, 4.69) is 66.0 Å². The Hall–Kier alpha value is 0.660. The van der Waals surface area contributed by atoms with Crippen molar-refractivity contribution in [3.8, 4) is 0 Å². The molecule has 1 unspecified atom stereocenters. The highest BCUT2D eigenvalue weighted by Gasteiger charge is 2.21. The van der Waals surface area contributed by atoms with Gasteiger partial charge < -0.3 is 4.48 Å². The van der Waals surface area contributed by atoms with Crippen molar-refractivity contribution in [1.29, 1.82) is 0 Å². The van der Waals surface area contributed by atoms with Crippen molar-refractivity contribution in [3.63, 3.8) is 0 Å². The number of alkyl halides is 2. The topological polar surface area (TPSA) is 0 Å². The van der Waals surface area contributed by atoms with Gasteiger partial charge in [0, 0.05) is 5.33 Å². The van der Waals surface area contributed by atoms with Crippen LogP contribution in [0.2, 0.25) is 0 Å². The van der Waals surface area contributed by atoms with Crippen LogP contribution in [0.15, 0.2) is 11.6 Å². The van der Waals surface area contributed by atoms with E-state index in [1.165, 1.54) is 5.57 Å². The van der Waals surface area contributed by atoms with Gasteiger partial charge in [-0.15, -0.1) is 0 Å². The third-order valence-electron chi connectivity index (χ3n) is 1.45. The molecule has 0 radical (unpaired) electrons. The van der Waals surface area contributed by atoms with Gasteiger partial charge in [-0.3, -0.25) is 0 Å². The fourth-order valence-corrected chi connectivity index (χ4v) is 1.53. The summed E-state index contributed by atoms with van der Waals surface area (Å²) in [5.74, 6) is 0. The normalized spacial score (nSPS) is 16.7. The molecule has 0 aliphatic rings. The molecule has 0 aliphatic heterocycles. The Morgan fingerprint density at radius 3 is 2.18 bits per heavy atom. The Bertz CT molecular complexity index is 147. The summed E-state index contributed by atoms with van der Waals surface area (Å²) in [6.07, 6.45) is 2.18.